The van der Waals surface area contributed by atoms with Gasteiger partial charge in [0, 0.05) is 10.0 Å². The molecule has 20 heavy (non-hydrogen) atoms. The van der Waals surface area contributed by atoms with Crippen molar-refractivity contribution >= 4 is 39.1 Å². The Morgan fingerprint density at radius 3 is 2.65 bits per heavy atom. The number of carbonyl (C=O) groups is 1. The van der Waals surface area contributed by atoms with Gasteiger partial charge >= 0.3 is 0 Å². The van der Waals surface area contributed by atoms with Gasteiger partial charge in [-0.25, -0.2) is 4.39 Å². The molecular weight excluding hydrogens is 347 g/mol. The quantitative estimate of drug-likeness (QED) is 0.872. The van der Waals surface area contributed by atoms with Gasteiger partial charge in [-0.1, -0.05) is 11.6 Å². The topological polar surface area (TPSA) is 52.9 Å². The summed E-state index contributed by atoms with van der Waals surface area (Å²) in [6.07, 6.45) is 0. The number of carbonyl (C=O) groups excluding carboxylic acids is 1. The molecule has 0 aromatic heterocycles. The molecule has 0 saturated heterocycles. The third-order valence-corrected chi connectivity index (χ3v) is 3.74. The second-order valence-electron chi connectivity index (χ2n) is 3.89. The van der Waals surface area contributed by atoms with Gasteiger partial charge < -0.3 is 5.32 Å². The highest BCUT2D eigenvalue weighted by atomic mass is 79.9. The molecule has 1 amide bonds. The molecule has 2 aromatic carbocycles. The zero-order valence-corrected chi connectivity index (χ0v) is 12.3. The molecule has 1 N–H and O–H groups in total. The van der Waals surface area contributed by atoms with E-state index in [2.05, 4.69) is 21.2 Å². The van der Waals surface area contributed by atoms with Crippen LogP contribution in [0.5, 0.6) is 0 Å². The average Bonchev–Trinajstić information content (AvgIpc) is 2.43. The molecule has 2 aromatic rings. The van der Waals surface area contributed by atoms with Gasteiger partial charge in [-0.2, -0.15) is 5.26 Å². The highest BCUT2D eigenvalue weighted by molar-refractivity contribution is 9.10. The summed E-state index contributed by atoms with van der Waals surface area (Å²) in [6, 6.07) is 10.3. The lowest BCUT2D eigenvalue weighted by molar-refractivity contribution is 0.102. The summed E-state index contributed by atoms with van der Waals surface area (Å²) in [6.45, 7) is 0. The molecule has 0 saturated carbocycles. The van der Waals surface area contributed by atoms with Crippen LogP contribution < -0.4 is 5.32 Å². The highest BCUT2D eigenvalue weighted by Gasteiger charge is 2.11. The van der Waals surface area contributed by atoms with E-state index in [9.17, 15) is 9.18 Å². The largest absolute Gasteiger partial charge is 0.319 e. The van der Waals surface area contributed by atoms with E-state index >= 15 is 0 Å². The third kappa shape index (κ3) is 3.16. The molecule has 0 atom stereocenters. The Morgan fingerprint density at radius 1 is 1.30 bits per heavy atom. The van der Waals surface area contributed by atoms with E-state index in [1.54, 1.807) is 12.1 Å². The lowest BCUT2D eigenvalue weighted by Crippen LogP contribution is -2.13. The van der Waals surface area contributed by atoms with E-state index in [0.29, 0.717) is 15.1 Å². The molecular formula is C14H7BrClFN2O. The minimum absolute atomic E-state index is 0.0140. The normalized spacial score (nSPS) is 9.90. The SMILES string of the molecule is N#Cc1ccc(NC(=O)c2ccc(Cl)c(Br)c2)c(F)c1. The Morgan fingerprint density at radius 2 is 2.05 bits per heavy atom. The van der Waals surface area contributed by atoms with Crippen molar-refractivity contribution < 1.29 is 9.18 Å². The highest BCUT2D eigenvalue weighted by Crippen LogP contribution is 2.24. The lowest BCUT2D eigenvalue weighted by Gasteiger charge is -2.07. The average molecular weight is 354 g/mol. The first-order valence-corrected chi connectivity index (χ1v) is 6.64. The second-order valence-corrected chi connectivity index (χ2v) is 5.15. The standard InChI is InChI=1S/C14H7BrClFN2O/c15-10-6-9(2-3-11(10)16)14(20)19-13-4-1-8(7-18)5-12(13)17/h1-6H,(H,19,20). The number of nitrogens with zero attached hydrogens (tertiary/aromatic N) is 1. The minimum Gasteiger partial charge on any atom is -0.319 e. The van der Waals surface area contributed by atoms with Crippen molar-refractivity contribution in [3.05, 3.63) is 62.8 Å². The first kappa shape index (κ1) is 14.5. The molecule has 2 rings (SSSR count). The summed E-state index contributed by atoms with van der Waals surface area (Å²) >= 11 is 9.05. The molecule has 0 bridgehead atoms. The predicted molar refractivity (Wildman–Crippen MR) is 78.2 cm³/mol. The number of hydrogen-bond donors (Lipinski definition) is 1. The molecule has 0 aliphatic heterocycles. The van der Waals surface area contributed by atoms with Crippen molar-refractivity contribution in [2.24, 2.45) is 0 Å². The summed E-state index contributed by atoms with van der Waals surface area (Å²) in [7, 11) is 0. The van der Waals surface area contributed by atoms with Crippen LogP contribution in [0.3, 0.4) is 0 Å². The number of anilines is 1. The number of rotatable bonds is 2. The van der Waals surface area contributed by atoms with Crippen LogP contribution in [0.1, 0.15) is 15.9 Å². The molecule has 0 spiro atoms. The maximum Gasteiger partial charge on any atom is 0.255 e. The zero-order valence-electron chi connectivity index (χ0n) is 9.95. The van der Waals surface area contributed by atoms with Crippen LogP contribution in [0.4, 0.5) is 10.1 Å². The molecule has 100 valence electrons. The first-order valence-electron chi connectivity index (χ1n) is 5.47. The lowest BCUT2D eigenvalue weighted by atomic mass is 10.2. The number of nitrogens with one attached hydrogen (secondary N) is 1. The van der Waals surface area contributed by atoms with Crippen molar-refractivity contribution in [1.29, 1.82) is 5.26 Å². The van der Waals surface area contributed by atoms with E-state index in [1.807, 2.05) is 6.07 Å². The van der Waals surface area contributed by atoms with E-state index in [1.165, 1.54) is 18.2 Å². The number of nitriles is 1. The molecule has 6 heteroatoms. The molecule has 3 nitrogen and oxygen atoms in total. The molecule has 0 aliphatic carbocycles. The van der Waals surface area contributed by atoms with E-state index < -0.39 is 11.7 Å². The fourth-order valence-corrected chi connectivity index (χ4v) is 2.01. The molecule has 0 aliphatic rings. The van der Waals surface area contributed by atoms with Crippen molar-refractivity contribution in [2.75, 3.05) is 5.32 Å². The molecule has 0 unspecified atom stereocenters. The number of halogens is 3. The van der Waals surface area contributed by atoms with E-state index in [0.717, 1.165) is 6.07 Å². The van der Waals surface area contributed by atoms with Crippen molar-refractivity contribution in [3.63, 3.8) is 0 Å². The van der Waals surface area contributed by atoms with Crippen LogP contribution in [-0.4, -0.2) is 5.91 Å². The van der Waals surface area contributed by atoms with Crippen LogP contribution in [0.2, 0.25) is 5.02 Å². The van der Waals surface area contributed by atoms with Crippen molar-refractivity contribution in [1.82, 2.24) is 0 Å². The monoisotopic (exact) mass is 352 g/mol. The fraction of sp³-hybridized carbons (Fsp3) is 0. The summed E-state index contributed by atoms with van der Waals surface area (Å²) in [5.41, 5.74) is 0.542. The van der Waals surface area contributed by atoms with Crippen LogP contribution in [0, 0.1) is 17.1 Å². The Labute approximate surface area is 128 Å². The molecule has 0 radical (unpaired) electrons. The van der Waals surface area contributed by atoms with Gasteiger partial charge in [0.25, 0.3) is 5.91 Å². The van der Waals surface area contributed by atoms with E-state index in [-0.39, 0.29) is 11.3 Å². The zero-order chi connectivity index (χ0) is 14.7. The van der Waals surface area contributed by atoms with Crippen LogP contribution in [0.15, 0.2) is 40.9 Å². The summed E-state index contributed by atoms with van der Waals surface area (Å²) in [4.78, 5) is 12.0. The third-order valence-electron chi connectivity index (χ3n) is 2.53. The van der Waals surface area contributed by atoms with Crippen LogP contribution in [0.25, 0.3) is 0 Å². The van der Waals surface area contributed by atoms with Gasteiger partial charge in [0.05, 0.1) is 22.3 Å². The van der Waals surface area contributed by atoms with Gasteiger partial charge in [0.1, 0.15) is 5.82 Å². The Kier molecular flexibility index (Phi) is 4.38. The van der Waals surface area contributed by atoms with E-state index in [4.69, 9.17) is 16.9 Å². The second kappa shape index (κ2) is 6.04. The Bertz CT molecular complexity index is 728. The van der Waals surface area contributed by atoms with Crippen molar-refractivity contribution in [2.45, 2.75) is 0 Å². The maximum atomic E-state index is 13.7. The van der Waals surface area contributed by atoms with Gasteiger partial charge in [0.15, 0.2) is 0 Å². The number of benzene rings is 2. The van der Waals surface area contributed by atoms with Gasteiger partial charge in [-0.15, -0.1) is 0 Å². The number of amides is 1. The molecule has 0 fully saturated rings. The smallest absolute Gasteiger partial charge is 0.255 e. The summed E-state index contributed by atoms with van der Waals surface area (Å²) in [5.74, 6) is -1.13. The number of hydrogen-bond acceptors (Lipinski definition) is 2. The van der Waals surface area contributed by atoms with Gasteiger partial charge in [0.2, 0.25) is 0 Å². The van der Waals surface area contributed by atoms with Gasteiger partial charge in [-0.05, 0) is 52.3 Å². The molecule has 0 heterocycles. The van der Waals surface area contributed by atoms with Crippen LogP contribution >= 0.6 is 27.5 Å². The predicted octanol–water partition coefficient (Wildman–Crippen LogP) is 4.37. The van der Waals surface area contributed by atoms with Crippen molar-refractivity contribution in [3.8, 4) is 6.07 Å². The summed E-state index contributed by atoms with van der Waals surface area (Å²) < 4.78 is 14.2. The van der Waals surface area contributed by atoms with Gasteiger partial charge in [-0.3, -0.25) is 4.79 Å². The minimum atomic E-state index is -0.662. The fourth-order valence-electron chi connectivity index (χ4n) is 1.52. The Balaban J connectivity index is 2.23. The Hall–Kier alpha value is -1.90. The first-order chi connectivity index (χ1) is 9.51. The summed E-state index contributed by atoms with van der Waals surface area (Å²) in [5, 5.41) is 11.6. The maximum absolute atomic E-state index is 13.7. The van der Waals surface area contributed by atoms with Crippen LogP contribution in [-0.2, 0) is 0 Å².